The molecule has 1 aromatic heterocycles. The van der Waals surface area contributed by atoms with Crippen LogP contribution in [0.4, 0.5) is 0 Å². The summed E-state index contributed by atoms with van der Waals surface area (Å²) in [5.41, 5.74) is 0.960. The summed E-state index contributed by atoms with van der Waals surface area (Å²) in [5.74, 6) is -1.41. The van der Waals surface area contributed by atoms with Crippen molar-refractivity contribution in [3.63, 3.8) is 0 Å². The average molecular weight is 268 g/mol. The SMILES string of the molecule is COc1nc(C)ccc1C(=O)NCC(OC)C(=O)O. The van der Waals surface area contributed by atoms with Gasteiger partial charge in [0.15, 0.2) is 6.10 Å². The Morgan fingerprint density at radius 3 is 2.63 bits per heavy atom. The summed E-state index contributed by atoms with van der Waals surface area (Å²) in [6.07, 6.45) is -1.09. The molecule has 7 nitrogen and oxygen atoms in total. The van der Waals surface area contributed by atoms with Gasteiger partial charge in [-0.2, -0.15) is 0 Å². The molecule has 0 aliphatic rings. The quantitative estimate of drug-likeness (QED) is 0.766. The number of aryl methyl sites for hydroxylation is 1. The number of methoxy groups -OCH3 is 2. The first kappa shape index (κ1) is 14.9. The van der Waals surface area contributed by atoms with Crippen LogP contribution in [-0.2, 0) is 9.53 Å². The molecule has 104 valence electrons. The van der Waals surface area contributed by atoms with Gasteiger partial charge in [-0.1, -0.05) is 0 Å². The van der Waals surface area contributed by atoms with Crippen molar-refractivity contribution in [2.45, 2.75) is 13.0 Å². The molecular weight excluding hydrogens is 252 g/mol. The van der Waals surface area contributed by atoms with Crippen LogP contribution >= 0.6 is 0 Å². The summed E-state index contributed by atoms with van der Waals surface area (Å²) in [6, 6.07) is 3.24. The lowest BCUT2D eigenvalue weighted by Crippen LogP contribution is -2.38. The molecule has 1 heterocycles. The smallest absolute Gasteiger partial charge is 0.334 e. The van der Waals surface area contributed by atoms with E-state index in [0.717, 1.165) is 0 Å². The van der Waals surface area contributed by atoms with Gasteiger partial charge in [0.05, 0.1) is 13.7 Å². The van der Waals surface area contributed by atoms with Crippen molar-refractivity contribution >= 4 is 11.9 Å². The molecule has 1 rings (SSSR count). The molecule has 0 saturated carbocycles. The van der Waals surface area contributed by atoms with E-state index in [0.29, 0.717) is 5.69 Å². The zero-order chi connectivity index (χ0) is 14.4. The lowest BCUT2D eigenvalue weighted by Gasteiger charge is -2.12. The molecule has 7 heteroatoms. The van der Waals surface area contributed by atoms with Crippen molar-refractivity contribution in [2.75, 3.05) is 20.8 Å². The number of hydrogen-bond donors (Lipinski definition) is 2. The van der Waals surface area contributed by atoms with E-state index in [-0.39, 0.29) is 18.0 Å². The fourth-order valence-electron chi connectivity index (χ4n) is 1.41. The normalized spacial score (nSPS) is 11.7. The number of carbonyl (C=O) groups excluding carboxylic acids is 1. The van der Waals surface area contributed by atoms with E-state index >= 15 is 0 Å². The van der Waals surface area contributed by atoms with Crippen molar-refractivity contribution in [3.05, 3.63) is 23.4 Å². The van der Waals surface area contributed by atoms with Gasteiger partial charge < -0.3 is 19.9 Å². The lowest BCUT2D eigenvalue weighted by atomic mass is 10.2. The minimum Gasteiger partial charge on any atom is -0.480 e. The Bertz CT molecular complexity index is 475. The molecule has 1 atom stereocenters. The molecule has 0 saturated heterocycles. The summed E-state index contributed by atoms with van der Waals surface area (Å²) in [7, 11) is 2.67. The summed E-state index contributed by atoms with van der Waals surface area (Å²) < 4.78 is 9.72. The van der Waals surface area contributed by atoms with Gasteiger partial charge in [-0.25, -0.2) is 9.78 Å². The molecule has 1 amide bonds. The molecule has 0 bridgehead atoms. The van der Waals surface area contributed by atoms with Gasteiger partial charge in [0.2, 0.25) is 5.88 Å². The molecule has 0 aromatic carbocycles. The fourth-order valence-corrected chi connectivity index (χ4v) is 1.41. The maximum atomic E-state index is 11.9. The number of aromatic nitrogens is 1. The molecular formula is C12H16N2O5. The number of pyridine rings is 1. The number of carbonyl (C=O) groups is 2. The highest BCUT2D eigenvalue weighted by molar-refractivity contribution is 5.96. The first-order valence-electron chi connectivity index (χ1n) is 5.55. The minimum atomic E-state index is -1.14. The van der Waals surface area contributed by atoms with Crippen LogP contribution in [-0.4, -0.2) is 48.8 Å². The van der Waals surface area contributed by atoms with E-state index in [9.17, 15) is 9.59 Å². The van der Waals surface area contributed by atoms with Crippen molar-refractivity contribution in [1.29, 1.82) is 0 Å². The van der Waals surface area contributed by atoms with E-state index < -0.39 is 18.0 Å². The van der Waals surface area contributed by atoms with Gasteiger partial charge in [0.1, 0.15) is 5.56 Å². The summed E-state index contributed by atoms with van der Waals surface area (Å²) in [6.45, 7) is 1.64. The molecule has 1 aromatic rings. The van der Waals surface area contributed by atoms with Crippen molar-refractivity contribution in [1.82, 2.24) is 10.3 Å². The molecule has 0 aliphatic carbocycles. The standard InChI is InChI=1S/C12H16N2O5/c1-7-4-5-8(11(14-7)19-3)10(15)13-6-9(18-2)12(16)17/h4-5,9H,6H2,1-3H3,(H,13,15)(H,16,17). The number of amides is 1. The van der Waals surface area contributed by atoms with E-state index in [1.54, 1.807) is 19.1 Å². The highest BCUT2D eigenvalue weighted by Gasteiger charge is 2.19. The van der Waals surface area contributed by atoms with Crippen LogP contribution in [0.15, 0.2) is 12.1 Å². The number of nitrogens with zero attached hydrogens (tertiary/aromatic N) is 1. The van der Waals surface area contributed by atoms with Crippen molar-refractivity contribution in [3.8, 4) is 5.88 Å². The first-order valence-corrected chi connectivity index (χ1v) is 5.55. The van der Waals surface area contributed by atoms with Crippen molar-refractivity contribution in [2.24, 2.45) is 0 Å². The summed E-state index contributed by atoms with van der Waals surface area (Å²) in [5, 5.41) is 11.2. The van der Waals surface area contributed by atoms with Gasteiger partial charge in [-0.3, -0.25) is 4.79 Å². The monoisotopic (exact) mass is 268 g/mol. The second-order valence-corrected chi connectivity index (χ2v) is 3.78. The zero-order valence-corrected chi connectivity index (χ0v) is 11.0. The maximum absolute atomic E-state index is 11.9. The van der Waals surface area contributed by atoms with Crippen LogP contribution in [0.2, 0.25) is 0 Å². The Kier molecular flexibility index (Phi) is 5.25. The maximum Gasteiger partial charge on any atom is 0.334 e. The average Bonchev–Trinajstić information content (AvgIpc) is 2.38. The summed E-state index contributed by atoms with van der Waals surface area (Å²) >= 11 is 0. The molecule has 0 aliphatic heterocycles. The van der Waals surface area contributed by atoms with Gasteiger partial charge in [-0.15, -0.1) is 0 Å². The van der Waals surface area contributed by atoms with Gasteiger partial charge in [-0.05, 0) is 19.1 Å². The van der Waals surface area contributed by atoms with Crippen LogP contribution in [0.1, 0.15) is 16.1 Å². The lowest BCUT2D eigenvalue weighted by molar-refractivity contribution is -0.148. The number of nitrogens with one attached hydrogen (secondary N) is 1. The predicted octanol–water partition coefficient (Wildman–Crippen LogP) is 0.228. The van der Waals surface area contributed by atoms with Gasteiger partial charge >= 0.3 is 5.97 Å². The van der Waals surface area contributed by atoms with E-state index in [1.807, 2.05) is 0 Å². The Morgan fingerprint density at radius 2 is 2.11 bits per heavy atom. The minimum absolute atomic E-state index is 0.137. The second-order valence-electron chi connectivity index (χ2n) is 3.78. The zero-order valence-electron chi connectivity index (χ0n) is 11.0. The Morgan fingerprint density at radius 1 is 1.42 bits per heavy atom. The second kappa shape index (κ2) is 6.69. The molecule has 2 N–H and O–H groups in total. The third kappa shape index (κ3) is 3.92. The van der Waals surface area contributed by atoms with E-state index in [1.165, 1.54) is 14.2 Å². The number of hydrogen-bond acceptors (Lipinski definition) is 5. The molecule has 0 fully saturated rings. The number of ether oxygens (including phenoxy) is 2. The van der Waals surface area contributed by atoms with Crippen LogP contribution in [0.25, 0.3) is 0 Å². The van der Waals surface area contributed by atoms with Crippen molar-refractivity contribution < 1.29 is 24.2 Å². The highest BCUT2D eigenvalue weighted by atomic mass is 16.5. The van der Waals surface area contributed by atoms with E-state index in [4.69, 9.17) is 14.6 Å². The Hall–Kier alpha value is -2.15. The fraction of sp³-hybridized carbons (Fsp3) is 0.417. The number of carboxylic acid groups (broad SMARTS) is 1. The molecule has 1 unspecified atom stereocenters. The Balaban J connectivity index is 2.76. The third-order valence-corrected chi connectivity index (χ3v) is 2.45. The van der Waals surface area contributed by atoms with Crippen LogP contribution in [0.3, 0.4) is 0 Å². The van der Waals surface area contributed by atoms with Crippen LogP contribution < -0.4 is 10.1 Å². The number of rotatable bonds is 6. The Labute approximate surface area is 110 Å². The molecule has 0 radical (unpaired) electrons. The molecule has 19 heavy (non-hydrogen) atoms. The third-order valence-electron chi connectivity index (χ3n) is 2.45. The van der Waals surface area contributed by atoms with Crippen LogP contribution in [0, 0.1) is 6.92 Å². The molecule has 0 spiro atoms. The first-order chi connectivity index (χ1) is 8.99. The van der Waals surface area contributed by atoms with Gasteiger partial charge in [0, 0.05) is 12.8 Å². The number of aliphatic carboxylic acids is 1. The summed E-state index contributed by atoms with van der Waals surface area (Å²) in [4.78, 5) is 26.7. The predicted molar refractivity (Wildman–Crippen MR) is 66.3 cm³/mol. The largest absolute Gasteiger partial charge is 0.480 e. The van der Waals surface area contributed by atoms with E-state index in [2.05, 4.69) is 10.3 Å². The number of carboxylic acids is 1. The van der Waals surface area contributed by atoms with Gasteiger partial charge in [0.25, 0.3) is 5.91 Å². The topological polar surface area (TPSA) is 97.8 Å². The van der Waals surface area contributed by atoms with Crippen LogP contribution in [0.5, 0.6) is 5.88 Å². The highest BCUT2D eigenvalue weighted by Crippen LogP contribution is 2.15.